The Morgan fingerprint density at radius 3 is 2.45 bits per heavy atom. The maximum atomic E-state index is 14.3. The van der Waals surface area contributed by atoms with E-state index in [9.17, 15) is 27.1 Å². The van der Waals surface area contributed by atoms with Crippen LogP contribution in [0.1, 0.15) is 34.5 Å². The molecule has 2 atom stereocenters. The van der Waals surface area contributed by atoms with Gasteiger partial charge < -0.3 is 9.84 Å². The van der Waals surface area contributed by atoms with Gasteiger partial charge in [-0.15, -0.1) is 0 Å². The molecule has 3 aromatic rings. The molecule has 0 bridgehead atoms. The van der Waals surface area contributed by atoms with Crippen molar-refractivity contribution in [2.45, 2.75) is 25.0 Å². The number of hydrogen-bond acceptors (Lipinski definition) is 3. The molecule has 3 rings (SSSR count). The number of halogens is 5. The second-order valence-electron chi connectivity index (χ2n) is 6.33. The minimum Gasteiger partial charge on any atom is -0.385 e. The molecular weight excluding hydrogens is 393 g/mol. The second-order valence-corrected chi connectivity index (χ2v) is 6.33. The van der Waals surface area contributed by atoms with Crippen molar-refractivity contribution in [3.05, 3.63) is 101 Å². The summed E-state index contributed by atoms with van der Waals surface area (Å²) in [4.78, 5) is 3.88. The van der Waals surface area contributed by atoms with E-state index in [0.717, 1.165) is 24.3 Å². The third-order valence-corrected chi connectivity index (χ3v) is 4.27. The molecule has 0 saturated heterocycles. The zero-order chi connectivity index (χ0) is 21.0. The standard InChI is InChI=1S/C21H16F5NO2/c22-16-6-7-17(18(23)10-16)20(19(28)14-4-2-8-27-11-14)29-12-13-3-1-5-15(9-13)21(24,25)26/h1-11,19-20,28H,12H2/t19-,20+/m0/s1. The van der Waals surface area contributed by atoms with Crippen molar-refractivity contribution in [2.24, 2.45) is 0 Å². The molecule has 0 aliphatic heterocycles. The zero-order valence-electron chi connectivity index (χ0n) is 14.9. The molecule has 0 fully saturated rings. The minimum atomic E-state index is -4.52. The molecule has 29 heavy (non-hydrogen) atoms. The van der Waals surface area contributed by atoms with Crippen LogP contribution in [-0.4, -0.2) is 10.1 Å². The van der Waals surface area contributed by atoms with E-state index >= 15 is 0 Å². The Kier molecular flexibility index (Phi) is 6.24. The summed E-state index contributed by atoms with van der Waals surface area (Å²) >= 11 is 0. The number of alkyl halides is 3. The normalized spacial score (nSPS) is 13.9. The highest BCUT2D eigenvalue weighted by molar-refractivity contribution is 5.27. The Hall–Kier alpha value is -2.84. The third-order valence-electron chi connectivity index (χ3n) is 4.27. The fourth-order valence-corrected chi connectivity index (χ4v) is 2.83. The van der Waals surface area contributed by atoms with Gasteiger partial charge >= 0.3 is 6.18 Å². The number of pyridine rings is 1. The molecule has 0 aliphatic carbocycles. The van der Waals surface area contributed by atoms with Gasteiger partial charge in [-0.05, 0) is 29.8 Å². The van der Waals surface area contributed by atoms with Crippen LogP contribution in [0.3, 0.4) is 0 Å². The van der Waals surface area contributed by atoms with Crippen LogP contribution in [0.15, 0.2) is 67.0 Å². The molecule has 2 aromatic carbocycles. The van der Waals surface area contributed by atoms with E-state index in [1.54, 1.807) is 12.1 Å². The average molecular weight is 409 g/mol. The van der Waals surface area contributed by atoms with Crippen LogP contribution >= 0.6 is 0 Å². The van der Waals surface area contributed by atoms with Crippen molar-refractivity contribution in [3.8, 4) is 0 Å². The molecular formula is C21H16F5NO2. The van der Waals surface area contributed by atoms with Crippen LogP contribution in [0.4, 0.5) is 22.0 Å². The van der Waals surface area contributed by atoms with Crippen molar-refractivity contribution >= 4 is 0 Å². The minimum absolute atomic E-state index is 0.130. The van der Waals surface area contributed by atoms with Gasteiger partial charge in [0.2, 0.25) is 0 Å². The molecule has 0 saturated carbocycles. The molecule has 1 N–H and O–H groups in total. The van der Waals surface area contributed by atoms with Gasteiger partial charge in [-0.3, -0.25) is 4.98 Å². The lowest BCUT2D eigenvalue weighted by Gasteiger charge is -2.24. The Morgan fingerprint density at radius 1 is 1.00 bits per heavy atom. The Balaban J connectivity index is 1.90. The topological polar surface area (TPSA) is 42.4 Å². The summed E-state index contributed by atoms with van der Waals surface area (Å²) < 4.78 is 71.9. The van der Waals surface area contributed by atoms with Crippen molar-refractivity contribution in [2.75, 3.05) is 0 Å². The van der Waals surface area contributed by atoms with E-state index in [2.05, 4.69) is 4.98 Å². The van der Waals surface area contributed by atoms with Crippen LogP contribution in [0.5, 0.6) is 0 Å². The summed E-state index contributed by atoms with van der Waals surface area (Å²) in [7, 11) is 0. The van der Waals surface area contributed by atoms with E-state index in [-0.39, 0.29) is 17.7 Å². The lowest BCUT2D eigenvalue weighted by atomic mass is 9.98. The van der Waals surface area contributed by atoms with Crippen LogP contribution in [0.25, 0.3) is 0 Å². The molecule has 0 amide bonds. The van der Waals surface area contributed by atoms with Crippen LogP contribution in [0, 0.1) is 11.6 Å². The summed E-state index contributed by atoms with van der Waals surface area (Å²) in [5.41, 5.74) is -0.485. The van der Waals surface area contributed by atoms with Crippen LogP contribution in [0.2, 0.25) is 0 Å². The predicted molar refractivity (Wildman–Crippen MR) is 94.5 cm³/mol. The maximum absolute atomic E-state index is 14.3. The summed E-state index contributed by atoms with van der Waals surface area (Å²) in [5.74, 6) is -1.75. The van der Waals surface area contributed by atoms with Gasteiger partial charge in [0, 0.05) is 29.6 Å². The lowest BCUT2D eigenvalue weighted by molar-refractivity contribution is -0.137. The highest BCUT2D eigenvalue weighted by Gasteiger charge is 2.31. The molecule has 3 nitrogen and oxygen atoms in total. The summed E-state index contributed by atoms with van der Waals surface area (Å²) in [5, 5.41) is 10.7. The zero-order valence-corrected chi connectivity index (χ0v) is 14.9. The van der Waals surface area contributed by atoms with Crippen LogP contribution < -0.4 is 0 Å². The molecule has 0 aliphatic rings. The van der Waals surface area contributed by atoms with Crippen molar-refractivity contribution in [1.29, 1.82) is 0 Å². The fourth-order valence-electron chi connectivity index (χ4n) is 2.83. The molecule has 152 valence electrons. The summed E-state index contributed by atoms with van der Waals surface area (Å²) in [6.07, 6.45) is -4.36. The first-order valence-electron chi connectivity index (χ1n) is 8.56. The molecule has 0 radical (unpaired) electrons. The van der Waals surface area contributed by atoms with E-state index in [0.29, 0.717) is 11.6 Å². The van der Waals surface area contributed by atoms with E-state index in [1.165, 1.54) is 24.5 Å². The Labute approximate surface area is 163 Å². The number of ether oxygens (including phenoxy) is 1. The lowest BCUT2D eigenvalue weighted by Crippen LogP contribution is -2.16. The molecule has 0 spiro atoms. The fraction of sp³-hybridized carbons (Fsp3) is 0.190. The van der Waals surface area contributed by atoms with Crippen molar-refractivity contribution in [3.63, 3.8) is 0 Å². The quantitative estimate of drug-likeness (QED) is 0.557. The molecule has 0 unspecified atom stereocenters. The first-order chi connectivity index (χ1) is 13.8. The van der Waals surface area contributed by atoms with Gasteiger partial charge in [-0.2, -0.15) is 13.2 Å². The maximum Gasteiger partial charge on any atom is 0.416 e. The number of benzene rings is 2. The van der Waals surface area contributed by atoms with E-state index < -0.39 is 35.6 Å². The largest absolute Gasteiger partial charge is 0.416 e. The highest BCUT2D eigenvalue weighted by Crippen LogP contribution is 2.35. The number of nitrogens with zero attached hydrogens (tertiary/aromatic N) is 1. The Morgan fingerprint density at radius 2 is 1.79 bits per heavy atom. The molecule has 1 aromatic heterocycles. The smallest absolute Gasteiger partial charge is 0.385 e. The van der Waals surface area contributed by atoms with Crippen molar-refractivity contribution in [1.82, 2.24) is 4.98 Å². The number of rotatable bonds is 6. The van der Waals surface area contributed by atoms with Gasteiger partial charge in [-0.1, -0.05) is 24.3 Å². The highest BCUT2D eigenvalue weighted by atomic mass is 19.4. The first-order valence-corrected chi connectivity index (χ1v) is 8.56. The second kappa shape index (κ2) is 8.67. The summed E-state index contributed by atoms with van der Waals surface area (Å²) in [6.45, 7) is -0.331. The Bertz CT molecular complexity index is 963. The predicted octanol–water partition coefficient (Wildman–Crippen LogP) is 5.37. The summed E-state index contributed by atoms with van der Waals surface area (Å²) in [6, 6.07) is 10.4. The van der Waals surface area contributed by atoms with E-state index in [1.807, 2.05) is 0 Å². The molecule has 8 heteroatoms. The van der Waals surface area contributed by atoms with Gasteiger partial charge in [0.25, 0.3) is 0 Å². The third kappa shape index (κ3) is 5.16. The van der Waals surface area contributed by atoms with E-state index in [4.69, 9.17) is 4.74 Å². The number of aliphatic hydroxyl groups is 1. The monoisotopic (exact) mass is 409 g/mol. The van der Waals surface area contributed by atoms with Gasteiger partial charge in [0.05, 0.1) is 12.2 Å². The number of aromatic nitrogens is 1. The van der Waals surface area contributed by atoms with Gasteiger partial charge in [0.1, 0.15) is 23.8 Å². The molecule has 1 heterocycles. The van der Waals surface area contributed by atoms with Crippen molar-refractivity contribution < 1.29 is 31.8 Å². The first kappa shape index (κ1) is 20.9. The van der Waals surface area contributed by atoms with Crippen LogP contribution in [-0.2, 0) is 17.5 Å². The SMILES string of the molecule is O[C@@H](c1cccnc1)[C@H](OCc1cccc(C(F)(F)F)c1)c1ccc(F)cc1F. The number of aliphatic hydroxyl groups excluding tert-OH is 1. The van der Waals surface area contributed by atoms with Gasteiger partial charge in [-0.25, -0.2) is 8.78 Å². The van der Waals surface area contributed by atoms with Gasteiger partial charge in [0.15, 0.2) is 0 Å². The number of hydrogen-bond donors (Lipinski definition) is 1. The average Bonchev–Trinajstić information content (AvgIpc) is 2.69.